The van der Waals surface area contributed by atoms with Gasteiger partial charge in [0.05, 0.1) is 6.33 Å². The van der Waals surface area contributed by atoms with Gasteiger partial charge in [-0.3, -0.25) is 0 Å². The van der Waals surface area contributed by atoms with Crippen LogP contribution in [0.4, 0.5) is 0 Å². The Morgan fingerprint density at radius 1 is 1.57 bits per heavy atom. The van der Waals surface area contributed by atoms with Crippen LogP contribution in [-0.2, 0) is 6.42 Å². The number of aromatic amines is 1. The van der Waals surface area contributed by atoms with Crippen molar-refractivity contribution in [1.82, 2.24) is 9.97 Å². The Bertz CT molecular complexity index is 290. The Morgan fingerprint density at radius 3 is 2.93 bits per heavy atom. The molecule has 2 heterocycles. The van der Waals surface area contributed by atoms with Gasteiger partial charge >= 0.3 is 0 Å². The molecule has 0 radical (unpaired) electrons. The third-order valence-corrected chi connectivity index (χ3v) is 3.08. The lowest BCUT2D eigenvalue weighted by Gasteiger charge is -2.19. The van der Waals surface area contributed by atoms with Gasteiger partial charge in [-0.15, -0.1) is 0 Å². The van der Waals surface area contributed by atoms with Gasteiger partial charge < -0.3 is 4.98 Å². The summed E-state index contributed by atoms with van der Waals surface area (Å²) in [6.07, 6.45) is 9.69. The summed E-state index contributed by atoms with van der Waals surface area (Å²) in [5.74, 6) is 0.839. The van der Waals surface area contributed by atoms with Crippen LogP contribution >= 0.6 is 0 Å². The van der Waals surface area contributed by atoms with Gasteiger partial charge in [-0.25, -0.2) is 9.56 Å². The Hall–Kier alpha value is -1.12. The lowest BCUT2D eigenvalue weighted by Crippen LogP contribution is -2.27. The van der Waals surface area contributed by atoms with Crippen molar-refractivity contribution in [3.63, 3.8) is 0 Å². The molecule has 0 unspecified atom stereocenters. The highest BCUT2D eigenvalue weighted by Gasteiger charge is 2.20. The molecule has 1 saturated heterocycles. The van der Waals surface area contributed by atoms with E-state index >= 15 is 0 Å². The van der Waals surface area contributed by atoms with Gasteiger partial charge in [-0.2, -0.15) is 0 Å². The third-order valence-electron chi connectivity index (χ3n) is 3.08. The molecule has 0 aromatic carbocycles. The molecule has 3 heteroatoms. The highest BCUT2D eigenvalue weighted by molar-refractivity contribution is 5.46. The van der Waals surface area contributed by atoms with Crippen LogP contribution in [0.25, 0.3) is 0 Å². The van der Waals surface area contributed by atoms with Crippen molar-refractivity contribution < 1.29 is 4.58 Å². The maximum atomic E-state index is 4.05. The smallest absolute Gasteiger partial charge is 0.142 e. The number of imidazole rings is 1. The Morgan fingerprint density at radius 2 is 2.36 bits per heavy atom. The van der Waals surface area contributed by atoms with Crippen LogP contribution < -0.4 is 0 Å². The highest BCUT2D eigenvalue weighted by Crippen LogP contribution is 2.18. The van der Waals surface area contributed by atoms with Gasteiger partial charge in [0.15, 0.2) is 0 Å². The lowest BCUT2D eigenvalue weighted by atomic mass is 9.93. The fraction of sp³-hybridized carbons (Fsp3) is 0.636. The minimum absolute atomic E-state index is 0.839. The Kier molecular flexibility index (Phi) is 2.96. The van der Waals surface area contributed by atoms with Gasteiger partial charge in [0.2, 0.25) is 0 Å². The molecule has 1 aromatic rings. The van der Waals surface area contributed by atoms with Crippen molar-refractivity contribution in [3.8, 4) is 0 Å². The van der Waals surface area contributed by atoms with E-state index < -0.39 is 0 Å². The monoisotopic (exact) mass is 192 g/mol. The second kappa shape index (κ2) is 4.40. The molecular weight excluding hydrogens is 174 g/mol. The van der Waals surface area contributed by atoms with E-state index in [1.807, 2.05) is 6.20 Å². The first-order valence-corrected chi connectivity index (χ1v) is 5.39. The zero-order valence-electron chi connectivity index (χ0n) is 8.74. The van der Waals surface area contributed by atoms with Gasteiger partial charge in [-0.05, 0) is 12.3 Å². The first kappa shape index (κ1) is 9.44. The van der Waals surface area contributed by atoms with Crippen LogP contribution in [-0.4, -0.2) is 33.8 Å². The summed E-state index contributed by atoms with van der Waals surface area (Å²) in [6, 6.07) is 0. The maximum Gasteiger partial charge on any atom is 0.142 e. The van der Waals surface area contributed by atoms with E-state index in [1.165, 1.54) is 31.6 Å². The summed E-state index contributed by atoms with van der Waals surface area (Å²) in [5, 5.41) is 0. The van der Waals surface area contributed by atoms with E-state index in [0.717, 1.165) is 12.3 Å². The molecule has 0 bridgehead atoms. The normalized spacial score (nSPS) is 22.4. The second-order valence-corrected chi connectivity index (χ2v) is 4.02. The first-order valence-electron chi connectivity index (χ1n) is 5.39. The standard InChI is InChI=1S/C11H18N3/c1-2-14-5-3-10(4-6-14)7-11-8-12-9-13-11/h2,8-10H,3-7H2,1H3,(H,12,13)/q+1. The van der Waals surface area contributed by atoms with Crippen LogP contribution in [0.3, 0.4) is 0 Å². The number of rotatable bonds is 2. The highest BCUT2D eigenvalue weighted by atomic mass is 15.0. The minimum Gasteiger partial charge on any atom is -0.348 e. The van der Waals surface area contributed by atoms with Crippen molar-refractivity contribution in [2.75, 3.05) is 13.1 Å². The molecule has 1 aliphatic heterocycles. The van der Waals surface area contributed by atoms with E-state index in [-0.39, 0.29) is 0 Å². The Labute approximate surface area is 84.9 Å². The first-order chi connectivity index (χ1) is 6.88. The average molecular weight is 192 g/mol. The van der Waals surface area contributed by atoms with Gasteiger partial charge in [-0.1, -0.05) is 0 Å². The lowest BCUT2D eigenvalue weighted by molar-refractivity contribution is -0.537. The van der Waals surface area contributed by atoms with Crippen LogP contribution in [0.2, 0.25) is 0 Å². The predicted octanol–water partition coefficient (Wildman–Crippen LogP) is 1.47. The summed E-state index contributed by atoms with van der Waals surface area (Å²) in [4.78, 5) is 7.22. The fourth-order valence-corrected chi connectivity index (χ4v) is 2.12. The quantitative estimate of drug-likeness (QED) is 0.707. The molecule has 1 aromatic heterocycles. The largest absolute Gasteiger partial charge is 0.348 e. The fourth-order valence-electron chi connectivity index (χ4n) is 2.12. The summed E-state index contributed by atoms with van der Waals surface area (Å²) < 4.78 is 2.41. The molecule has 76 valence electrons. The minimum atomic E-state index is 0.839. The number of hydrogen-bond acceptors (Lipinski definition) is 1. The van der Waals surface area contributed by atoms with Crippen molar-refractivity contribution in [2.24, 2.45) is 5.92 Å². The van der Waals surface area contributed by atoms with Crippen LogP contribution in [0.15, 0.2) is 12.5 Å². The SMILES string of the molecule is CC=[N+]1CCC(Cc2cnc[nH]2)CC1. The second-order valence-electron chi connectivity index (χ2n) is 4.02. The molecule has 1 N–H and O–H groups in total. The van der Waals surface area contributed by atoms with E-state index in [0.29, 0.717) is 0 Å². The van der Waals surface area contributed by atoms with Crippen molar-refractivity contribution in [1.29, 1.82) is 0 Å². The topological polar surface area (TPSA) is 31.7 Å². The zero-order chi connectivity index (χ0) is 9.80. The van der Waals surface area contributed by atoms with E-state index in [9.17, 15) is 0 Å². The summed E-state index contributed by atoms with van der Waals surface area (Å²) in [6.45, 7) is 4.56. The molecular formula is C11H18N3+. The van der Waals surface area contributed by atoms with Gasteiger partial charge in [0, 0.05) is 31.7 Å². The third kappa shape index (κ3) is 2.22. The van der Waals surface area contributed by atoms with Crippen LogP contribution in [0.5, 0.6) is 0 Å². The number of nitrogens with one attached hydrogen (secondary N) is 1. The van der Waals surface area contributed by atoms with E-state index in [1.54, 1.807) is 6.33 Å². The molecule has 0 atom stereocenters. The van der Waals surface area contributed by atoms with Crippen molar-refractivity contribution >= 4 is 6.21 Å². The van der Waals surface area contributed by atoms with E-state index in [2.05, 4.69) is 27.7 Å². The predicted molar refractivity (Wildman–Crippen MR) is 56.7 cm³/mol. The maximum absolute atomic E-state index is 4.05. The molecule has 0 aliphatic carbocycles. The summed E-state index contributed by atoms with van der Waals surface area (Å²) in [5.41, 5.74) is 1.28. The van der Waals surface area contributed by atoms with Crippen LogP contribution in [0, 0.1) is 5.92 Å². The molecule has 2 rings (SSSR count). The molecule has 0 amide bonds. The van der Waals surface area contributed by atoms with Crippen LogP contribution in [0.1, 0.15) is 25.5 Å². The summed E-state index contributed by atoms with van der Waals surface area (Å²) >= 11 is 0. The number of aromatic nitrogens is 2. The molecule has 14 heavy (non-hydrogen) atoms. The number of nitrogens with zero attached hydrogens (tertiary/aromatic N) is 2. The molecule has 0 spiro atoms. The average Bonchev–Trinajstić information content (AvgIpc) is 2.72. The molecule has 1 aliphatic rings. The van der Waals surface area contributed by atoms with Crippen molar-refractivity contribution in [3.05, 3.63) is 18.2 Å². The number of hydrogen-bond donors (Lipinski definition) is 1. The zero-order valence-corrected chi connectivity index (χ0v) is 8.74. The van der Waals surface area contributed by atoms with Gasteiger partial charge in [0.25, 0.3) is 0 Å². The molecule has 1 fully saturated rings. The van der Waals surface area contributed by atoms with Gasteiger partial charge in [0.1, 0.15) is 19.3 Å². The number of H-pyrrole nitrogens is 1. The van der Waals surface area contributed by atoms with E-state index in [4.69, 9.17) is 0 Å². The molecule has 0 saturated carbocycles. The number of piperidine rings is 1. The summed E-state index contributed by atoms with van der Waals surface area (Å²) in [7, 11) is 0. The Balaban J connectivity index is 1.84. The molecule has 3 nitrogen and oxygen atoms in total. The van der Waals surface area contributed by atoms with Crippen molar-refractivity contribution in [2.45, 2.75) is 26.2 Å².